The summed E-state index contributed by atoms with van der Waals surface area (Å²) in [5.41, 5.74) is 3.47. The molecule has 1 aromatic heterocycles. The Labute approximate surface area is 140 Å². The predicted molar refractivity (Wildman–Crippen MR) is 92.9 cm³/mol. The van der Waals surface area contributed by atoms with Crippen LogP contribution in [0.3, 0.4) is 0 Å². The topological polar surface area (TPSA) is 42.0 Å². The van der Waals surface area contributed by atoms with E-state index in [1.165, 1.54) is 0 Å². The second-order valence-corrected chi connectivity index (χ2v) is 5.59. The van der Waals surface area contributed by atoms with E-state index in [2.05, 4.69) is 22.4 Å². The van der Waals surface area contributed by atoms with Gasteiger partial charge in [0.05, 0.1) is 0 Å². The van der Waals surface area contributed by atoms with E-state index < -0.39 is 0 Å². The Morgan fingerprint density at radius 1 is 1.00 bits per heavy atom. The molecule has 0 spiro atoms. The molecule has 23 heavy (non-hydrogen) atoms. The number of nitrogens with one attached hydrogen (secondary N) is 1. The summed E-state index contributed by atoms with van der Waals surface area (Å²) in [5.74, 6) is -0.163. The van der Waals surface area contributed by atoms with Crippen LogP contribution in [0.4, 0.5) is 5.69 Å². The van der Waals surface area contributed by atoms with Gasteiger partial charge in [0, 0.05) is 28.7 Å². The lowest BCUT2D eigenvalue weighted by Crippen LogP contribution is -2.13. The number of halogens is 1. The maximum atomic E-state index is 12.3. The Balaban J connectivity index is 1.86. The predicted octanol–water partition coefficient (Wildman–Crippen LogP) is 4.58. The molecule has 3 aromatic rings. The van der Waals surface area contributed by atoms with Crippen molar-refractivity contribution in [2.24, 2.45) is 0 Å². The molecule has 3 nitrogen and oxygen atoms in total. The number of carbonyl (C=O) groups excluding carboxylic acids is 1. The first kappa shape index (κ1) is 15.3. The number of carbonyl (C=O) groups is 1. The molecule has 0 fully saturated rings. The highest BCUT2D eigenvalue weighted by Crippen LogP contribution is 2.24. The second kappa shape index (κ2) is 7.07. The first-order valence-electron chi connectivity index (χ1n) is 7.26. The molecule has 0 unspecified atom stereocenters. The monoisotopic (exact) mass is 322 g/mol. The molecule has 1 amide bonds. The number of anilines is 1. The van der Waals surface area contributed by atoms with Crippen molar-refractivity contribution in [3.05, 3.63) is 94.8 Å². The third-order valence-electron chi connectivity index (χ3n) is 3.50. The van der Waals surface area contributed by atoms with Gasteiger partial charge in [0.25, 0.3) is 5.91 Å². The van der Waals surface area contributed by atoms with Gasteiger partial charge in [-0.25, -0.2) is 0 Å². The van der Waals surface area contributed by atoms with E-state index >= 15 is 0 Å². The summed E-state index contributed by atoms with van der Waals surface area (Å²) in [7, 11) is 0. The summed E-state index contributed by atoms with van der Waals surface area (Å²) in [4.78, 5) is 16.3. The van der Waals surface area contributed by atoms with E-state index in [9.17, 15) is 4.79 Å². The SMILES string of the molecule is O=C(Nc1ccc(Cl)cc1Cc1ccccc1)c1ccncc1. The van der Waals surface area contributed by atoms with Crippen molar-refractivity contribution in [3.8, 4) is 0 Å². The van der Waals surface area contributed by atoms with Gasteiger partial charge in [-0.2, -0.15) is 0 Å². The van der Waals surface area contributed by atoms with Crippen LogP contribution in [-0.2, 0) is 6.42 Å². The zero-order valence-electron chi connectivity index (χ0n) is 12.4. The lowest BCUT2D eigenvalue weighted by Gasteiger charge is -2.12. The molecule has 114 valence electrons. The standard InChI is InChI=1S/C19H15ClN2O/c20-17-6-7-18(22-19(23)15-8-10-21-11-9-15)16(13-17)12-14-4-2-1-3-5-14/h1-11,13H,12H2,(H,22,23). The fraction of sp³-hybridized carbons (Fsp3) is 0.0526. The number of hydrogen-bond acceptors (Lipinski definition) is 2. The zero-order valence-corrected chi connectivity index (χ0v) is 13.1. The minimum absolute atomic E-state index is 0.163. The van der Waals surface area contributed by atoms with Crippen molar-refractivity contribution in [1.29, 1.82) is 0 Å². The zero-order chi connectivity index (χ0) is 16.1. The Hall–Kier alpha value is -2.65. The minimum atomic E-state index is -0.163. The quantitative estimate of drug-likeness (QED) is 0.764. The van der Waals surface area contributed by atoms with Gasteiger partial charge < -0.3 is 5.32 Å². The number of pyridine rings is 1. The van der Waals surface area contributed by atoms with E-state index in [0.717, 1.165) is 16.8 Å². The summed E-state index contributed by atoms with van der Waals surface area (Å²) < 4.78 is 0. The average Bonchev–Trinajstić information content (AvgIpc) is 2.59. The van der Waals surface area contributed by atoms with Crippen LogP contribution in [0.15, 0.2) is 73.1 Å². The van der Waals surface area contributed by atoms with E-state index in [4.69, 9.17) is 11.6 Å². The van der Waals surface area contributed by atoms with Gasteiger partial charge in [0.1, 0.15) is 0 Å². The molecule has 2 aromatic carbocycles. The number of hydrogen-bond donors (Lipinski definition) is 1. The molecule has 0 atom stereocenters. The van der Waals surface area contributed by atoms with Crippen LogP contribution in [0.25, 0.3) is 0 Å². The summed E-state index contributed by atoms with van der Waals surface area (Å²) in [6.07, 6.45) is 3.90. The van der Waals surface area contributed by atoms with Crippen LogP contribution in [0, 0.1) is 0 Å². The average molecular weight is 323 g/mol. The molecule has 0 saturated heterocycles. The van der Waals surface area contributed by atoms with Crippen molar-refractivity contribution in [1.82, 2.24) is 4.98 Å². The summed E-state index contributed by atoms with van der Waals surface area (Å²) in [6, 6.07) is 18.9. The Kier molecular flexibility index (Phi) is 4.69. The van der Waals surface area contributed by atoms with E-state index in [0.29, 0.717) is 17.0 Å². The third kappa shape index (κ3) is 3.96. The fourth-order valence-corrected chi connectivity index (χ4v) is 2.54. The van der Waals surface area contributed by atoms with E-state index in [1.54, 1.807) is 30.6 Å². The van der Waals surface area contributed by atoms with Crippen LogP contribution in [0.5, 0.6) is 0 Å². The van der Waals surface area contributed by atoms with Gasteiger partial charge in [0.2, 0.25) is 0 Å². The Morgan fingerprint density at radius 2 is 1.74 bits per heavy atom. The molecule has 1 N–H and O–H groups in total. The van der Waals surface area contributed by atoms with Crippen molar-refractivity contribution < 1.29 is 4.79 Å². The van der Waals surface area contributed by atoms with Crippen LogP contribution < -0.4 is 5.32 Å². The first-order valence-corrected chi connectivity index (χ1v) is 7.64. The number of benzene rings is 2. The van der Waals surface area contributed by atoms with Gasteiger partial charge >= 0.3 is 0 Å². The molecule has 0 aliphatic rings. The molecule has 1 heterocycles. The normalized spacial score (nSPS) is 10.3. The maximum absolute atomic E-state index is 12.3. The minimum Gasteiger partial charge on any atom is -0.322 e. The van der Waals surface area contributed by atoms with Gasteiger partial charge in [-0.3, -0.25) is 9.78 Å². The highest BCUT2D eigenvalue weighted by molar-refractivity contribution is 6.30. The van der Waals surface area contributed by atoms with Crippen molar-refractivity contribution in [2.75, 3.05) is 5.32 Å². The molecule has 3 rings (SSSR count). The molecule has 0 radical (unpaired) electrons. The first-order chi connectivity index (χ1) is 11.2. The lowest BCUT2D eigenvalue weighted by molar-refractivity contribution is 0.102. The van der Waals surface area contributed by atoms with E-state index in [-0.39, 0.29) is 5.91 Å². The smallest absolute Gasteiger partial charge is 0.255 e. The van der Waals surface area contributed by atoms with Crippen LogP contribution in [0.1, 0.15) is 21.5 Å². The molecule has 0 bridgehead atoms. The van der Waals surface area contributed by atoms with Crippen molar-refractivity contribution >= 4 is 23.2 Å². The summed E-state index contributed by atoms with van der Waals surface area (Å²) >= 11 is 6.12. The largest absolute Gasteiger partial charge is 0.322 e. The maximum Gasteiger partial charge on any atom is 0.255 e. The molecular weight excluding hydrogens is 308 g/mol. The van der Waals surface area contributed by atoms with Gasteiger partial charge in [-0.1, -0.05) is 41.9 Å². The van der Waals surface area contributed by atoms with Crippen LogP contribution in [-0.4, -0.2) is 10.9 Å². The van der Waals surface area contributed by atoms with Gasteiger partial charge in [-0.05, 0) is 47.9 Å². The van der Waals surface area contributed by atoms with Crippen LogP contribution in [0.2, 0.25) is 5.02 Å². The lowest BCUT2D eigenvalue weighted by atomic mass is 10.0. The second-order valence-electron chi connectivity index (χ2n) is 5.15. The van der Waals surface area contributed by atoms with Crippen molar-refractivity contribution in [3.63, 3.8) is 0 Å². The van der Waals surface area contributed by atoms with Gasteiger partial charge in [0.15, 0.2) is 0 Å². The molecule has 0 aliphatic carbocycles. The highest BCUT2D eigenvalue weighted by atomic mass is 35.5. The fourth-order valence-electron chi connectivity index (χ4n) is 2.34. The number of nitrogens with zero attached hydrogens (tertiary/aromatic N) is 1. The highest BCUT2D eigenvalue weighted by Gasteiger charge is 2.10. The number of rotatable bonds is 4. The Bertz CT molecular complexity index is 804. The molecule has 0 saturated carbocycles. The summed E-state index contributed by atoms with van der Waals surface area (Å²) in [6.45, 7) is 0. The van der Waals surface area contributed by atoms with Crippen molar-refractivity contribution in [2.45, 2.75) is 6.42 Å². The Morgan fingerprint density at radius 3 is 2.48 bits per heavy atom. The molecule has 0 aliphatic heterocycles. The third-order valence-corrected chi connectivity index (χ3v) is 3.73. The number of aromatic nitrogens is 1. The van der Waals surface area contributed by atoms with Crippen LogP contribution >= 0.6 is 11.6 Å². The summed E-state index contributed by atoms with van der Waals surface area (Å²) in [5, 5.41) is 3.60. The number of amides is 1. The van der Waals surface area contributed by atoms with E-state index in [1.807, 2.05) is 30.3 Å². The van der Waals surface area contributed by atoms with Gasteiger partial charge in [-0.15, -0.1) is 0 Å². The molecule has 4 heteroatoms. The molecular formula is C19H15ClN2O.